The molecule has 0 aromatic rings. The van der Waals surface area contributed by atoms with E-state index in [4.69, 9.17) is 5.73 Å². The van der Waals surface area contributed by atoms with Crippen LogP contribution in [0.1, 0.15) is 26.7 Å². The lowest BCUT2D eigenvalue weighted by atomic mass is 9.51. The summed E-state index contributed by atoms with van der Waals surface area (Å²) in [6, 6.07) is 0. The zero-order valence-corrected chi connectivity index (χ0v) is 7.59. The van der Waals surface area contributed by atoms with E-state index < -0.39 is 0 Å². The molecule has 0 aromatic carbocycles. The van der Waals surface area contributed by atoms with Gasteiger partial charge in [-0.05, 0) is 49.0 Å². The molecule has 3 aliphatic carbocycles. The third-order valence-corrected chi connectivity index (χ3v) is 4.22. The minimum absolute atomic E-state index is 0.843. The zero-order valence-electron chi connectivity index (χ0n) is 7.59. The number of hydrogen-bond acceptors (Lipinski definition) is 1. The van der Waals surface area contributed by atoms with Crippen LogP contribution in [0, 0.1) is 29.6 Å². The highest BCUT2D eigenvalue weighted by Crippen LogP contribution is 2.54. The normalized spacial score (nSPS) is 55.4. The van der Waals surface area contributed by atoms with E-state index in [2.05, 4.69) is 13.8 Å². The minimum Gasteiger partial charge on any atom is -0.330 e. The SMILES string of the molecule is CC1[C@@H]2C[C@@H](C)[C@H](CN)[C@H]1C2. The van der Waals surface area contributed by atoms with Crippen molar-refractivity contribution in [2.24, 2.45) is 35.3 Å². The Kier molecular flexibility index (Phi) is 1.71. The van der Waals surface area contributed by atoms with Crippen LogP contribution in [0.4, 0.5) is 0 Å². The Morgan fingerprint density at radius 1 is 1.27 bits per heavy atom. The number of hydrogen-bond donors (Lipinski definition) is 1. The molecule has 2 N–H and O–H groups in total. The molecular weight excluding hydrogens is 134 g/mol. The summed E-state index contributed by atoms with van der Waals surface area (Å²) in [6.07, 6.45) is 2.92. The highest BCUT2D eigenvalue weighted by atomic mass is 14.6. The summed E-state index contributed by atoms with van der Waals surface area (Å²) in [7, 11) is 0. The van der Waals surface area contributed by atoms with Gasteiger partial charge in [0.15, 0.2) is 0 Å². The fourth-order valence-corrected chi connectivity index (χ4v) is 3.29. The quantitative estimate of drug-likeness (QED) is 0.611. The van der Waals surface area contributed by atoms with E-state index >= 15 is 0 Å². The summed E-state index contributed by atoms with van der Waals surface area (Å²) in [4.78, 5) is 0. The molecule has 0 aliphatic heterocycles. The molecule has 3 aliphatic rings. The van der Waals surface area contributed by atoms with Gasteiger partial charge in [-0.3, -0.25) is 0 Å². The number of rotatable bonds is 1. The number of nitrogens with two attached hydrogens (primary N) is 1. The predicted octanol–water partition coefficient (Wildman–Crippen LogP) is 1.87. The maximum absolute atomic E-state index is 5.77. The molecule has 64 valence electrons. The summed E-state index contributed by atoms with van der Waals surface area (Å²) < 4.78 is 0. The van der Waals surface area contributed by atoms with Gasteiger partial charge in [0.25, 0.3) is 0 Å². The zero-order chi connectivity index (χ0) is 8.01. The van der Waals surface area contributed by atoms with Gasteiger partial charge < -0.3 is 5.73 Å². The first-order valence-corrected chi connectivity index (χ1v) is 4.94. The molecule has 3 rings (SSSR count). The van der Waals surface area contributed by atoms with E-state index in [9.17, 15) is 0 Å². The Balaban J connectivity index is 2.06. The highest BCUT2D eigenvalue weighted by Gasteiger charge is 2.48. The van der Waals surface area contributed by atoms with Crippen LogP contribution in [0.25, 0.3) is 0 Å². The van der Waals surface area contributed by atoms with Crippen molar-refractivity contribution in [3.8, 4) is 0 Å². The van der Waals surface area contributed by atoms with Crippen molar-refractivity contribution in [3.63, 3.8) is 0 Å². The van der Waals surface area contributed by atoms with Crippen LogP contribution < -0.4 is 5.73 Å². The monoisotopic (exact) mass is 153 g/mol. The summed E-state index contributed by atoms with van der Waals surface area (Å²) in [6.45, 7) is 5.71. The average Bonchev–Trinajstić information content (AvgIpc) is 2.03. The molecule has 3 saturated carbocycles. The van der Waals surface area contributed by atoms with Crippen LogP contribution >= 0.6 is 0 Å². The van der Waals surface area contributed by atoms with E-state index in [1.165, 1.54) is 12.8 Å². The first kappa shape index (κ1) is 7.60. The molecule has 11 heavy (non-hydrogen) atoms. The Morgan fingerprint density at radius 3 is 2.45 bits per heavy atom. The fourth-order valence-electron chi connectivity index (χ4n) is 3.29. The third-order valence-electron chi connectivity index (χ3n) is 4.22. The molecule has 0 amide bonds. The van der Waals surface area contributed by atoms with Gasteiger partial charge in [-0.25, -0.2) is 0 Å². The smallest absolute Gasteiger partial charge is 0.00436 e. The summed E-state index contributed by atoms with van der Waals surface area (Å²) in [5.74, 6) is 4.77. The van der Waals surface area contributed by atoms with Gasteiger partial charge in [-0.1, -0.05) is 13.8 Å². The van der Waals surface area contributed by atoms with Crippen molar-refractivity contribution in [3.05, 3.63) is 0 Å². The molecule has 0 radical (unpaired) electrons. The summed E-state index contributed by atoms with van der Waals surface area (Å²) in [5, 5.41) is 0. The van der Waals surface area contributed by atoms with Gasteiger partial charge in [0.1, 0.15) is 0 Å². The molecule has 5 atom stereocenters. The van der Waals surface area contributed by atoms with Crippen molar-refractivity contribution in [1.82, 2.24) is 0 Å². The lowest BCUT2D eigenvalue weighted by Gasteiger charge is -2.55. The molecular formula is C10H19N. The fraction of sp³-hybridized carbons (Fsp3) is 1.00. The Labute approximate surface area is 69.4 Å². The van der Waals surface area contributed by atoms with Crippen LogP contribution in [-0.2, 0) is 0 Å². The number of fused-ring (bicyclic) bond motifs is 2. The van der Waals surface area contributed by atoms with Crippen molar-refractivity contribution >= 4 is 0 Å². The Bertz CT molecular complexity index is 155. The van der Waals surface area contributed by atoms with Gasteiger partial charge in [-0.15, -0.1) is 0 Å². The summed E-state index contributed by atoms with van der Waals surface area (Å²) in [5.41, 5.74) is 5.77. The van der Waals surface area contributed by atoms with Crippen LogP contribution in [-0.4, -0.2) is 6.54 Å². The van der Waals surface area contributed by atoms with Gasteiger partial charge in [0.05, 0.1) is 0 Å². The second-order valence-corrected chi connectivity index (χ2v) is 4.63. The van der Waals surface area contributed by atoms with Crippen molar-refractivity contribution < 1.29 is 0 Å². The Morgan fingerprint density at radius 2 is 2.00 bits per heavy atom. The highest BCUT2D eigenvalue weighted by molar-refractivity contribution is 4.98. The van der Waals surface area contributed by atoms with Gasteiger partial charge in [-0.2, -0.15) is 0 Å². The van der Waals surface area contributed by atoms with Gasteiger partial charge in [0, 0.05) is 0 Å². The lowest BCUT2D eigenvalue weighted by Crippen LogP contribution is -2.50. The molecule has 0 spiro atoms. The maximum Gasteiger partial charge on any atom is -0.00436 e. The average molecular weight is 153 g/mol. The molecule has 1 unspecified atom stereocenters. The van der Waals surface area contributed by atoms with Crippen molar-refractivity contribution in [2.45, 2.75) is 26.7 Å². The van der Waals surface area contributed by atoms with Gasteiger partial charge in [0.2, 0.25) is 0 Å². The first-order valence-electron chi connectivity index (χ1n) is 4.94. The van der Waals surface area contributed by atoms with E-state index in [0.29, 0.717) is 0 Å². The second kappa shape index (κ2) is 2.48. The largest absolute Gasteiger partial charge is 0.330 e. The maximum atomic E-state index is 5.77. The molecule has 2 bridgehead atoms. The van der Waals surface area contributed by atoms with Gasteiger partial charge >= 0.3 is 0 Å². The van der Waals surface area contributed by atoms with E-state index in [-0.39, 0.29) is 0 Å². The standard InChI is InChI=1S/C10H19N/c1-6-3-8-4-9(7(8)2)10(6)5-11/h6-10H,3-5,11H2,1-2H3/t6-,7?,8-,9+,10+/m1/s1. The van der Waals surface area contributed by atoms with E-state index in [1.807, 2.05) is 0 Å². The molecule has 0 heterocycles. The minimum atomic E-state index is 0.843. The van der Waals surface area contributed by atoms with Crippen molar-refractivity contribution in [2.75, 3.05) is 6.54 Å². The van der Waals surface area contributed by atoms with E-state index in [1.54, 1.807) is 0 Å². The molecule has 0 saturated heterocycles. The first-order chi connectivity index (χ1) is 5.24. The lowest BCUT2D eigenvalue weighted by molar-refractivity contribution is -0.0538. The summed E-state index contributed by atoms with van der Waals surface area (Å²) >= 11 is 0. The molecule has 1 nitrogen and oxygen atoms in total. The van der Waals surface area contributed by atoms with Crippen LogP contribution in [0.3, 0.4) is 0 Å². The van der Waals surface area contributed by atoms with Crippen LogP contribution in [0.2, 0.25) is 0 Å². The van der Waals surface area contributed by atoms with Crippen LogP contribution in [0.5, 0.6) is 0 Å². The van der Waals surface area contributed by atoms with E-state index in [0.717, 1.165) is 36.1 Å². The Hall–Kier alpha value is -0.0400. The second-order valence-electron chi connectivity index (χ2n) is 4.63. The molecule has 3 fully saturated rings. The van der Waals surface area contributed by atoms with Crippen molar-refractivity contribution in [1.29, 1.82) is 0 Å². The van der Waals surface area contributed by atoms with Crippen LogP contribution in [0.15, 0.2) is 0 Å². The molecule has 1 heteroatoms. The molecule has 0 aromatic heterocycles. The predicted molar refractivity (Wildman–Crippen MR) is 47.1 cm³/mol. The topological polar surface area (TPSA) is 26.0 Å². The third kappa shape index (κ3) is 0.936.